The number of carbonyl (C=O) groups is 6. The van der Waals surface area contributed by atoms with Crippen molar-refractivity contribution in [3.05, 3.63) is 0 Å². The predicted molar refractivity (Wildman–Crippen MR) is 543 cm³/mol. The number of thiol groups is 3. The standard InChI is InChI=1S/C59H106N6O6S6.C15H22N2O2.C12H24S3.C6H15N.C4H8O/c1-56(2,3)62-52(68)74-31-25-42-13-19-44(27-33-76-54(70)64-58(7,8)9)46(38-42)29-35-72-50(66)60-48-21-15-40(16-22-48)37-41-17-23-49(24-18-41)61-51(67)73-36-30-47-39-43(26-32-75-53(69)63-57(4,5)6)14-20-45(47)28-34-77-55(71)65-59(10,11)12;18-10-16-14-5-1-12(2-6-14)9-13-3-7-15(8-4-13)17-11-19;13-6-3-10-1-2-11(4-7-14)12(9-10)5-8-15;1-4-7(5-2)6-3;1-2-4-5-3-1/h40-49H,13-39H2,1-12H3,(H,60,66)(H,61,67)(H,62,68)(H,63,69)(H,64,70)(H,65,71);12-15H,1-9H2;10-15H,1-9H2;4-6H2,1-3H3;1-4H2. The SMILES string of the molecule is C1CCOC1.CC(C)(C)NC(=O)SCCC1CCC(CCSC(=O)NC(C)(C)C)C(CCSC(=O)NC2CCC(CC3CCC(NC(=O)SCCC4CC(CCSC(=O)NC(C)(C)C)CCC4CCSC(=O)NC(C)(C)C)CC3)CC2)C1.CCN(CC)CC.O=C=NC1CCC(CC2CCC(N=C=O)CC2)CC1.SCCC1CCC(CCS)C(CCS)C1. The normalized spacial score (nSPS) is 27.4. The highest BCUT2D eigenvalue weighted by Gasteiger charge is 2.36. The molecule has 1 aliphatic heterocycles. The van der Waals surface area contributed by atoms with Crippen molar-refractivity contribution in [3.8, 4) is 0 Å². The summed E-state index contributed by atoms with van der Waals surface area (Å²) < 4.78 is 4.94. The summed E-state index contributed by atoms with van der Waals surface area (Å²) >= 11 is 21.6. The summed E-state index contributed by atoms with van der Waals surface area (Å²) in [4.78, 5) is 107. The van der Waals surface area contributed by atoms with Crippen molar-refractivity contribution in [2.24, 2.45) is 86.9 Å². The van der Waals surface area contributed by atoms with E-state index in [1.807, 2.05) is 83.1 Å². The highest BCUT2D eigenvalue weighted by molar-refractivity contribution is 8.14. The van der Waals surface area contributed by atoms with Crippen molar-refractivity contribution in [1.29, 1.82) is 0 Å². The largest absolute Gasteiger partial charge is 0.381 e. The van der Waals surface area contributed by atoms with Crippen LogP contribution in [0.15, 0.2) is 9.98 Å². The Labute approximate surface area is 791 Å². The van der Waals surface area contributed by atoms with Gasteiger partial charge in [0.1, 0.15) is 0 Å². The van der Waals surface area contributed by atoms with Crippen LogP contribution in [0.1, 0.15) is 348 Å². The number of ether oxygens (including phenoxy) is 1. The molecular weight excluding hydrogens is 1710 g/mol. The van der Waals surface area contributed by atoms with Gasteiger partial charge in [0.25, 0.3) is 31.4 Å². The molecule has 6 N–H and O–H groups in total. The van der Waals surface area contributed by atoms with Gasteiger partial charge in [-0.25, -0.2) is 19.6 Å². The monoisotopic (exact) mass is 1890 g/mol. The van der Waals surface area contributed by atoms with Gasteiger partial charge in [0, 0.05) is 82.0 Å². The van der Waals surface area contributed by atoms with Gasteiger partial charge in [-0.15, -0.1) is 0 Å². The second-order valence-electron chi connectivity index (χ2n) is 41.1. The zero-order valence-corrected chi connectivity index (χ0v) is 87.0. The number of aliphatic imine (C=N–C) groups is 2. The Bertz CT molecular complexity index is 2800. The van der Waals surface area contributed by atoms with Gasteiger partial charge in [0.2, 0.25) is 12.2 Å². The molecule has 0 spiro atoms. The molecule has 0 bridgehead atoms. The molecule has 1 heterocycles. The average molecular weight is 1890 g/mol. The van der Waals surface area contributed by atoms with E-state index < -0.39 is 0 Å². The van der Waals surface area contributed by atoms with Crippen LogP contribution >= 0.6 is 108 Å². The first kappa shape index (κ1) is 114. The van der Waals surface area contributed by atoms with E-state index in [2.05, 4.69) is 105 Å². The molecule has 1 saturated heterocycles. The lowest BCUT2D eigenvalue weighted by Crippen LogP contribution is -2.38. The van der Waals surface area contributed by atoms with Crippen LogP contribution in [0.5, 0.6) is 0 Å². The molecule has 0 radical (unpaired) electrons. The van der Waals surface area contributed by atoms with Gasteiger partial charge in [-0.3, -0.25) is 28.8 Å². The molecule has 7 aliphatic carbocycles. The van der Waals surface area contributed by atoms with Crippen LogP contribution in [0, 0.1) is 76.9 Å². The molecule has 18 nitrogen and oxygen atoms in total. The van der Waals surface area contributed by atoms with Crippen molar-refractivity contribution < 1.29 is 43.1 Å². The first-order chi connectivity index (χ1) is 58.5. The number of nitrogens with one attached hydrogen (secondary N) is 6. The fraction of sp³-hybridized carbons (Fsp3) is 0.917. The quantitative estimate of drug-likeness (QED) is 0.0163. The third-order valence-corrected chi connectivity index (χ3v) is 32.2. The van der Waals surface area contributed by atoms with E-state index >= 15 is 0 Å². The number of hydrogen-bond acceptors (Lipinski definition) is 21. The Balaban J connectivity index is 0.000000545. The van der Waals surface area contributed by atoms with Crippen LogP contribution < -0.4 is 31.9 Å². The lowest BCUT2D eigenvalue weighted by Gasteiger charge is -2.36. The highest BCUT2D eigenvalue weighted by atomic mass is 32.2. The second kappa shape index (κ2) is 64.5. The van der Waals surface area contributed by atoms with Crippen LogP contribution in [0.3, 0.4) is 0 Å². The Morgan fingerprint density at radius 2 is 0.585 bits per heavy atom. The smallest absolute Gasteiger partial charge is 0.279 e. The summed E-state index contributed by atoms with van der Waals surface area (Å²) in [5.74, 6) is 17.1. The Kier molecular flexibility index (Phi) is 59.8. The second-order valence-corrected chi connectivity index (χ2v) is 48.9. The number of amides is 6. The van der Waals surface area contributed by atoms with Crippen molar-refractivity contribution in [2.75, 3.05) is 84.6 Å². The van der Waals surface area contributed by atoms with Gasteiger partial charge in [-0.05, 0) is 422 Å². The lowest BCUT2D eigenvalue weighted by molar-refractivity contribution is 0.169. The maximum absolute atomic E-state index is 13.3. The van der Waals surface area contributed by atoms with E-state index in [1.54, 1.807) is 12.2 Å². The number of thioether (sulfide) groups is 6. The summed E-state index contributed by atoms with van der Waals surface area (Å²) in [6.07, 6.45) is 47.4. The molecule has 27 heteroatoms. The summed E-state index contributed by atoms with van der Waals surface area (Å²) in [5, 5.41) is 19.4. The highest BCUT2D eigenvalue weighted by Crippen LogP contribution is 2.45. The number of rotatable bonds is 35. The molecule has 0 aromatic rings. The van der Waals surface area contributed by atoms with Crippen molar-refractivity contribution in [2.45, 2.75) is 394 Å². The number of hydrogen-bond donors (Lipinski definition) is 9. The van der Waals surface area contributed by atoms with Gasteiger partial charge < -0.3 is 41.5 Å². The maximum atomic E-state index is 13.3. The third-order valence-electron chi connectivity index (χ3n) is 26.5. The first-order valence-electron chi connectivity index (χ1n) is 48.5. The molecule has 9 atom stereocenters. The predicted octanol–water partition coefficient (Wildman–Crippen LogP) is 26.0. The molecule has 0 aromatic heterocycles. The molecule has 8 fully saturated rings. The van der Waals surface area contributed by atoms with E-state index in [9.17, 15) is 38.4 Å². The zero-order valence-electron chi connectivity index (χ0n) is 79.4. The molecule has 123 heavy (non-hydrogen) atoms. The molecule has 9 unspecified atom stereocenters. The molecule has 8 aliphatic rings. The minimum absolute atomic E-state index is 0.0420. The van der Waals surface area contributed by atoms with Gasteiger partial charge in [-0.2, -0.15) is 37.9 Å². The fourth-order valence-electron chi connectivity index (χ4n) is 19.8. The van der Waals surface area contributed by atoms with Gasteiger partial charge >= 0.3 is 0 Å². The molecule has 712 valence electrons. The van der Waals surface area contributed by atoms with E-state index in [4.69, 9.17) is 4.74 Å². The number of carbonyl (C=O) groups excluding carboxylic acids is 8. The van der Waals surface area contributed by atoms with Crippen LogP contribution in [0.2, 0.25) is 0 Å². The van der Waals surface area contributed by atoms with E-state index in [-0.39, 0.29) is 77.8 Å². The number of nitrogens with zero attached hydrogens (tertiary/aromatic N) is 3. The Morgan fingerprint density at radius 3 is 0.854 bits per heavy atom. The molecule has 6 amide bonds. The molecule has 0 aromatic carbocycles. The third kappa shape index (κ3) is 55.1. The van der Waals surface area contributed by atoms with Crippen LogP contribution in [0.25, 0.3) is 0 Å². The average Bonchev–Trinajstić information content (AvgIpc) is 1.70. The summed E-state index contributed by atoms with van der Waals surface area (Å²) in [6.45, 7) is 36.3. The van der Waals surface area contributed by atoms with Crippen molar-refractivity contribution in [3.63, 3.8) is 0 Å². The van der Waals surface area contributed by atoms with E-state index in [1.165, 1.54) is 180 Å². The minimum Gasteiger partial charge on any atom is -0.381 e. The van der Waals surface area contributed by atoms with Gasteiger partial charge in [0.15, 0.2) is 0 Å². The fourth-order valence-corrected chi connectivity index (χ4v) is 26.5. The van der Waals surface area contributed by atoms with E-state index in [0.717, 1.165) is 249 Å². The lowest BCUT2D eigenvalue weighted by atomic mass is 9.71. The Hall–Kier alpha value is -1.35. The molecule has 7 saturated carbocycles. The summed E-state index contributed by atoms with van der Waals surface area (Å²) in [5.41, 5.74) is -0.949. The number of isocyanates is 2. The topological polar surface area (TPSA) is 246 Å². The van der Waals surface area contributed by atoms with E-state index in [0.29, 0.717) is 47.3 Å². The summed E-state index contributed by atoms with van der Waals surface area (Å²) in [7, 11) is 0. The van der Waals surface area contributed by atoms with Crippen molar-refractivity contribution in [1.82, 2.24) is 36.8 Å². The van der Waals surface area contributed by atoms with Crippen LogP contribution in [0.4, 0.5) is 28.8 Å². The van der Waals surface area contributed by atoms with Crippen LogP contribution in [-0.4, -0.2) is 179 Å². The minimum atomic E-state index is -0.243. The first-order valence-corrected chi connectivity index (χ1v) is 56.3. The Morgan fingerprint density at radius 1 is 0.333 bits per heavy atom. The maximum Gasteiger partial charge on any atom is 0.279 e. The van der Waals surface area contributed by atoms with Crippen molar-refractivity contribution >= 4 is 152 Å². The van der Waals surface area contributed by atoms with Gasteiger partial charge in [-0.1, -0.05) is 111 Å². The van der Waals surface area contributed by atoms with Gasteiger partial charge in [0.05, 0.1) is 12.1 Å². The van der Waals surface area contributed by atoms with Crippen LogP contribution in [-0.2, 0) is 14.3 Å². The molecule has 8 rings (SSSR count). The molecular formula is C96H175N9O9S9. The summed E-state index contributed by atoms with van der Waals surface area (Å²) in [6, 6.07) is 0.954. The zero-order chi connectivity index (χ0) is 90.6.